The van der Waals surface area contributed by atoms with Gasteiger partial charge in [-0.25, -0.2) is 0 Å². The highest BCUT2D eigenvalue weighted by molar-refractivity contribution is 6.31. The van der Waals surface area contributed by atoms with Crippen LogP contribution in [-0.2, 0) is 13.1 Å². The van der Waals surface area contributed by atoms with Gasteiger partial charge in [0.2, 0.25) is 0 Å². The lowest BCUT2D eigenvalue weighted by atomic mass is 10.1. The van der Waals surface area contributed by atoms with Gasteiger partial charge in [-0.05, 0) is 41.5 Å². The second-order valence-electron chi connectivity index (χ2n) is 4.84. The van der Waals surface area contributed by atoms with E-state index in [1.165, 1.54) is 5.56 Å². The zero-order chi connectivity index (χ0) is 14.8. The number of hydrogen-bond acceptors (Lipinski definition) is 3. The molecule has 1 aliphatic rings. The molecule has 0 aromatic heterocycles. The van der Waals surface area contributed by atoms with Crippen LogP contribution < -0.4 is 10.6 Å². The van der Waals surface area contributed by atoms with E-state index in [2.05, 4.69) is 10.6 Å². The van der Waals surface area contributed by atoms with E-state index in [1.54, 1.807) is 24.3 Å². The third kappa shape index (κ3) is 2.75. The van der Waals surface area contributed by atoms with Crippen LogP contribution in [0.15, 0.2) is 36.4 Å². The predicted octanol–water partition coefficient (Wildman–Crippen LogP) is 3.07. The van der Waals surface area contributed by atoms with Crippen LogP contribution in [0.5, 0.6) is 0 Å². The predicted molar refractivity (Wildman–Crippen MR) is 81.1 cm³/mol. The van der Waals surface area contributed by atoms with Gasteiger partial charge in [-0.1, -0.05) is 17.7 Å². The van der Waals surface area contributed by atoms with Gasteiger partial charge in [-0.3, -0.25) is 4.79 Å². The number of hydrogen-bond donors (Lipinski definition) is 2. The number of nitriles is 1. The number of carbonyl (C=O) groups is 1. The Morgan fingerprint density at radius 2 is 2.00 bits per heavy atom. The Hall–Kier alpha value is -2.35. The first-order valence-corrected chi connectivity index (χ1v) is 6.88. The van der Waals surface area contributed by atoms with E-state index in [0.29, 0.717) is 21.8 Å². The molecule has 0 radical (unpaired) electrons. The maximum Gasteiger partial charge on any atom is 0.255 e. The zero-order valence-corrected chi connectivity index (χ0v) is 11.9. The molecule has 0 aliphatic carbocycles. The summed E-state index contributed by atoms with van der Waals surface area (Å²) in [5.74, 6) is -0.247. The number of benzene rings is 2. The van der Waals surface area contributed by atoms with Crippen LogP contribution in [-0.4, -0.2) is 5.91 Å². The smallest absolute Gasteiger partial charge is 0.255 e. The molecule has 0 saturated heterocycles. The Kier molecular flexibility index (Phi) is 3.61. The Bertz CT molecular complexity index is 765. The van der Waals surface area contributed by atoms with Crippen LogP contribution in [0, 0.1) is 11.3 Å². The Balaban J connectivity index is 1.87. The monoisotopic (exact) mass is 297 g/mol. The second kappa shape index (κ2) is 5.57. The van der Waals surface area contributed by atoms with E-state index in [-0.39, 0.29) is 5.91 Å². The van der Waals surface area contributed by atoms with E-state index in [9.17, 15) is 4.79 Å². The van der Waals surface area contributed by atoms with Gasteiger partial charge < -0.3 is 10.6 Å². The summed E-state index contributed by atoms with van der Waals surface area (Å²) < 4.78 is 0. The summed E-state index contributed by atoms with van der Waals surface area (Å²) in [7, 11) is 0. The number of anilines is 1. The summed E-state index contributed by atoms with van der Waals surface area (Å²) in [6, 6.07) is 12.4. The largest absolute Gasteiger partial charge is 0.321 e. The minimum Gasteiger partial charge on any atom is -0.321 e. The van der Waals surface area contributed by atoms with Crippen LogP contribution >= 0.6 is 11.6 Å². The first-order chi connectivity index (χ1) is 10.2. The van der Waals surface area contributed by atoms with Gasteiger partial charge in [-0.15, -0.1) is 0 Å². The van der Waals surface area contributed by atoms with E-state index in [0.717, 1.165) is 18.7 Å². The van der Waals surface area contributed by atoms with Crippen molar-refractivity contribution < 1.29 is 4.79 Å². The fraction of sp³-hybridized carbons (Fsp3) is 0.125. The van der Waals surface area contributed by atoms with Gasteiger partial charge in [-0.2, -0.15) is 5.26 Å². The second-order valence-corrected chi connectivity index (χ2v) is 5.28. The lowest BCUT2D eigenvalue weighted by Gasteiger charge is -2.08. The summed E-state index contributed by atoms with van der Waals surface area (Å²) >= 11 is 5.91. The van der Waals surface area contributed by atoms with Gasteiger partial charge in [0.05, 0.1) is 11.3 Å². The third-order valence-corrected chi connectivity index (χ3v) is 3.68. The minimum atomic E-state index is -0.247. The van der Waals surface area contributed by atoms with E-state index in [1.807, 2.05) is 18.2 Å². The van der Waals surface area contributed by atoms with Gasteiger partial charge in [0, 0.05) is 23.7 Å². The number of amides is 1. The number of fused-ring (bicyclic) bond motifs is 1. The molecule has 0 atom stereocenters. The highest BCUT2D eigenvalue weighted by Gasteiger charge is 2.14. The Morgan fingerprint density at radius 3 is 2.81 bits per heavy atom. The topological polar surface area (TPSA) is 64.9 Å². The molecule has 1 aliphatic heterocycles. The van der Waals surface area contributed by atoms with Crippen molar-refractivity contribution in [1.82, 2.24) is 5.32 Å². The summed E-state index contributed by atoms with van der Waals surface area (Å²) in [6.45, 7) is 1.61. The molecule has 0 fully saturated rings. The van der Waals surface area contributed by atoms with Crippen molar-refractivity contribution in [3.63, 3.8) is 0 Å². The molecule has 1 amide bonds. The van der Waals surface area contributed by atoms with Crippen molar-refractivity contribution in [3.05, 3.63) is 63.7 Å². The average Bonchev–Trinajstić information content (AvgIpc) is 2.94. The van der Waals surface area contributed by atoms with Gasteiger partial charge in [0.25, 0.3) is 5.91 Å². The molecule has 0 bridgehead atoms. The molecule has 1 heterocycles. The molecule has 3 rings (SSSR count). The third-order valence-electron chi connectivity index (χ3n) is 3.45. The molecule has 2 aromatic rings. The van der Waals surface area contributed by atoms with Crippen molar-refractivity contribution in [1.29, 1.82) is 5.26 Å². The van der Waals surface area contributed by atoms with Crippen LogP contribution in [0.25, 0.3) is 0 Å². The number of nitrogens with one attached hydrogen (secondary N) is 2. The van der Waals surface area contributed by atoms with Crippen molar-refractivity contribution in [3.8, 4) is 6.07 Å². The maximum atomic E-state index is 12.3. The zero-order valence-electron chi connectivity index (χ0n) is 11.1. The number of carbonyl (C=O) groups excluding carboxylic acids is 1. The Labute approximate surface area is 127 Å². The number of rotatable bonds is 2. The highest BCUT2D eigenvalue weighted by atomic mass is 35.5. The van der Waals surface area contributed by atoms with Crippen LogP contribution in [0.3, 0.4) is 0 Å². The lowest BCUT2D eigenvalue weighted by molar-refractivity contribution is 0.102. The van der Waals surface area contributed by atoms with Crippen molar-refractivity contribution in [2.75, 3.05) is 5.32 Å². The first-order valence-electron chi connectivity index (χ1n) is 6.51. The van der Waals surface area contributed by atoms with Crippen LogP contribution in [0.1, 0.15) is 27.0 Å². The number of nitrogens with zero attached hydrogens (tertiary/aromatic N) is 1. The highest BCUT2D eigenvalue weighted by Crippen LogP contribution is 2.22. The molecule has 0 spiro atoms. The molecule has 0 saturated carbocycles. The van der Waals surface area contributed by atoms with Gasteiger partial charge in [0.15, 0.2) is 0 Å². The molecule has 5 heteroatoms. The molecule has 0 unspecified atom stereocenters. The molecular weight excluding hydrogens is 286 g/mol. The van der Waals surface area contributed by atoms with Crippen molar-refractivity contribution in [2.24, 2.45) is 0 Å². The lowest BCUT2D eigenvalue weighted by Crippen LogP contribution is -2.13. The SMILES string of the molecule is N#Cc1ccc(Cl)cc1NC(=O)c1ccc2c(c1)CNC2. The Morgan fingerprint density at radius 1 is 1.19 bits per heavy atom. The molecule has 21 heavy (non-hydrogen) atoms. The maximum absolute atomic E-state index is 12.3. The number of halogens is 1. The molecule has 104 valence electrons. The summed E-state index contributed by atoms with van der Waals surface area (Å²) in [5, 5.41) is 15.5. The van der Waals surface area contributed by atoms with Gasteiger partial charge >= 0.3 is 0 Å². The average molecular weight is 298 g/mol. The van der Waals surface area contributed by atoms with Crippen molar-refractivity contribution >= 4 is 23.2 Å². The summed E-state index contributed by atoms with van der Waals surface area (Å²) in [4.78, 5) is 12.3. The van der Waals surface area contributed by atoms with Gasteiger partial charge in [0.1, 0.15) is 6.07 Å². The normalized spacial score (nSPS) is 12.6. The van der Waals surface area contributed by atoms with E-state index in [4.69, 9.17) is 16.9 Å². The van der Waals surface area contributed by atoms with Crippen LogP contribution in [0.4, 0.5) is 5.69 Å². The van der Waals surface area contributed by atoms with E-state index < -0.39 is 0 Å². The fourth-order valence-corrected chi connectivity index (χ4v) is 2.52. The quantitative estimate of drug-likeness (QED) is 0.895. The van der Waals surface area contributed by atoms with E-state index >= 15 is 0 Å². The molecule has 4 nitrogen and oxygen atoms in total. The van der Waals surface area contributed by atoms with Crippen LogP contribution in [0.2, 0.25) is 5.02 Å². The summed E-state index contributed by atoms with van der Waals surface area (Å²) in [6.07, 6.45) is 0. The standard InChI is InChI=1S/C16H12ClN3O/c17-14-4-3-11(7-18)15(6-14)20-16(21)10-1-2-12-8-19-9-13(12)5-10/h1-6,19H,8-9H2,(H,20,21). The van der Waals surface area contributed by atoms with Crippen molar-refractivity contribution in [2.45, 2.75) is 13.1 Å². The molecule has 2 N–H and O–H groups in total. The fourth-order valence-electron chi connectivity index (χ4n) is 2.35. The minimum absolute atomic E-state index is 0.247. The first kappa shape index (κ1) is 13.6. The molecular formula is C16H12ClN3O. The summed E-state index contributed by atoms with van der Waals surface area (Å²) in [5.41, 5.74) is 3.73. The molecule has 2 aromatic carbocycles.